The second-order valence-electron chi connectivity index (χ2n) is 9.03. The molecule has 1 saturated carbocycles. The van der Waals surface area contributed by atoms with Crippen LogP contribution in [0.25, 0.3) is 0 Å². The Kier molecular flexibility index (Phi) is 8.24. The van der Waals surface area contributed by atoms with E-state index in [1.165, 1.54) is 24.8 Å². The van der Waals surface area contributed by atoms with E-state index >= 15 is 0 Å². The van der Waals surface area contributed by atoms with E-state index in [-0.39, 0.29) is 17.9 Å². The fraction of sp³-hybridized carbons (Fsp3) is 0.462. The van der Waals surface area contributed by atoms with Gasteiger partial charge >= 0.3 is 0 Å². The molecule has 0 spiro atoms. The van der Waals surface area contributed by atoms with Crippen LogP contribution in [0, 0.1) is 5.92 Å². The zero-order valence-electron chi connectivity index (χ0n) is 18.7. The van der Waals surface area contributed by atoms with Crippen molar-refractivity contribution in [3.05, 3.63) is 71.3 Å². The van der Waals surface area contributed by atoms with Gasteiger partial charge in [-0.1, -0.05) is 61.7 Å². The molecule has 1 aliphatic rings. The molecule has 0 heterocycles. The van der Waals surface area contributed by atoms with Crippen LogP contribution in [-0.4, -0.2) is 43.4 Å². The average Bonchev–Trinajstić information content (AvgIpc) is 2.73. The number of carbonyl (C=O) groups excluding carboxylic acids is 2. The van der Waals surface area contributed by atoms with Gasteiger partial charge in [-0.05, 0) is 62.0 Å². The number of nitrogens with two attached hydrogens (primary N) is 1. The monoisotopic (exact) mass is 421 g/mol. The van der Waals surface area contributed by atoms with Crippen LogP contribution in [0.2, 0.25) is 0 Å². The molecule has 0 saturated heterocycles. The van der Waals surface area contributed by atoms with Crippen LogP contribution >= 0.6 is 0 Å². The Morgan fingerprint density at radius 1 is 1.06 bits per heavy atom. The quantitative estimate of drug-likeness (QED) is 0.580. The maximum atomic E-state index is 12.8. The minimum Gasteiger partial charge on any atom is -0.366 e. The first-order valence-electron chi connectivity index (χ1n) is 11.3. The Bertz CT molecular complexity index is 845. The molecule has 3 N–H and O–H groups in total. The lowest BCUT2D eigenvalue weighted by molar-refractivity contribution is -0.121. The normalized spacial score (nSPS) is 15.8. The molecule has 2 amide bonds. The van der Waals surface area contributed by atoms with Crippen LogP contribution in [-0.2, 0) is 11.2 Å². The van der Waals surface area contributed by atoms with E-state index in [1.54, 1.807) is 12.1 Å². The summed E-state index contributed by atoms with van der Waals surface area (Å²) in [7, 11) is 4.05. The van der Waals surface area contributed by atoms with Crippen LogP contribution in [0.3, 0.4) is 0 Å². The number of nitrogens with zero attached hydrogens (tertiary/aromatic N) is 1. The second kappa shape index (κ2) is 11.1. The molecule has 2 aromatic carbocycles. The molecule has 5 nitrogen and oxygen atoms in total. The zero-order valence-corrected chi connectivity index (χ0v) is 18.7. The number of nitrogens with one attached hydrogen (secondary N) is 1. The third-order valence-corrected chi connectivity index (χ3v) is 6.52. The number of carbonyl (C=O) groups is 2. The topological polar surface area (TPSA) is 75.4 Å². The molecule has 2 aromatic rings. The van der Waals surface area contributed by atoms with Crippen LogP contribution < -0.4 is 11.1 Å². The largest absolute Gasteiger partial charge is 0.366 e. The van der Waals surface area contributed by atoms with Gasteiger partial charge in [-0.2, -0.15) is 0 Å². The highest BCUT2D eigenvalue weighted by atomic mass is 16.1. The summed E-state index contributed by atoms with van der Waals surface area (Å²) in [5, 5.41) is 3.17. The summed E-state index contributed by atoms with van der Waals surface area (Å²) in [4.78, 5) is 26.2. The molecular weight excluding hydrogens is 386 g/mol. The molecule has 3 rings (SSSR count). The van der Waals surface area contributed by atoms with E-state index in [9.17, 15) is 9.59 Å². The van der Waals surface area contributed by atoms with Crippen molar-refractivity contribution in [1.82, 2.24) is 10.2 Å². The van der Waals surface area contributed by atoms with E-state index < -0.39 is 5.91 Å². The van der Waals surface area contributed by atoms with E-state index in [1.807, 2.05) is 32.3 Å². The van der Waals surface area contributed by atoms with Crippen LogP contribution in [0.1, 0.15) is 59.5 Å². The fourth-order valence-electron chi connectivity index (χ4n) is 4.24. The lowest BCUT2D eigenvalue weighted by Gasteiger charge is -2.30. The highest BCUT2D eigenvalue weighted by Crippen LogP contribution is 2.37. The van der Waals surface area contributed by atoms with Crippen molar-refractivity contribution in [2.75, 3.05) is 20.6 Å². The molecule has 0 radical (unpaired) electrons. The van der Waals surface area contributed by atoms with Gasteiger partial charge in [-0.25, -0.2) is 0 Å². The van der Waals surface area contributed by atoms with Gasteiger partial charge in [-0.3, -0.25) is 9.59 Å². The zero-order chi connectivity index (χ0) is 22.2. The number of hydrogen-bond donors (Lipinski definition) is 2. The molecule has 166 valence electrons. The SMILES string of the molecule is CN(C)[C@H](CNC(=O)C[C@@H](CC1CCC1)c1ccccc1)Cc1ccc(C(N)=O)cc1. The number of hydrogen-bond acceptors (Lipinski definition) is 3. The Hall–Kier alpha value is -2.66. The van der Waals surface area contributed by atoms with Gasteiger partial charge in [0.05, 0.1) is 0 Å². The highest BCUT2D eigenvalue weighted by molar-refractivity contribution is 5.92. The van der Waals surface area contributed by atoms with Crippen molar-refractivity contribution in [2.45, 2.75) is 50.5 Å². The van der Waals surface area contributed by atoms with Gasteiger partial charge in [0.1, 0.15) is 0 Å². The summed E-state index contributed by atoms with van der Waals surface area (Å²) in [6.45, 7) is 0.592. The number of rotatable bonds is 11. The van der Waals surface area contributed by atoms with E-state index in [0.29, 0.717) is 18.5 Å². The number of benzene rings is 2. The third-order valence-electron chi connectivity index (χ3n) is 6.52. The van der Waals surface area contributed by atoms with Gasteiger partial charge in [0.25, 0.3) is 0 Å². The Labute approximate surface area is 186 Å². The van der Waals surface area contributed by atoms with Crippen LogP contribution in [0.15, 0.2) is 54.6 Å². The molecule has 5 heteroatoms. The lowest BCUT2D eigenvalue weighted by atomic mass is 9.76. The van der Waals surface area contributed by atoms with Crippen molar-refractivity contribution in [3.8, 4) is 0 Å². The molecule has 0 bridgehead atoms. The Balaban J connectivity index is 1.56. The van der Waals surface area contributed by atoms with Crippen molar-refractivity contribution in [3.63, 3.8) is 0 Å². The molecule has 31 heavy (non-hydrogen) atoms. The minimum absolute atomic E-state index is 0.115. The molecule has 1 fully saturated rings. The maximum Gasteiger partial charge on any atom is 0.248 e. The van der Waals surface area contributed by atoms with E-state index in [0.717, 1.165) is 24.3 Å². The van der Waals surface area contributed by atoms with Crippen molar-refractivity contribution >= 4 is 11.8 Å². The maximum absolute atomic E-state index is 12.8. The molecule has 0 unspecified atom stereocenters. The average molecular weight is 422 g/mol. The first-order chi connectivity index (χ1) is 14.9. The summed E-state index contributed by atoms with van der Waals surface area (Å²) in [6, 6.07) is 18.0. The van der Waals surface area contributed by atoms with Gasteiger partial charge < -0.3 is 16.0 Å². The van der Waals surface area contributed by atoms with Gasteiger partial charge in [0, 0.05) is 24.6 Å². The smallest absolute Gasteiger partial charge is 0.248 e. The number of amides is 2. The molecule has 2 atom stereocenters. The minimum atomic E-state index is -0.419. The predicted octanol–water partition coefficient (Wildman–Crippen LogP) is 3.74. The summed E-state index contributed by atoms with van der Waals surface area (Å²) < 4.78 is 0. The molecule has 0 aromatic heterocycles. The summed E-state index contributed by atoms with van der Waals surface area (Å²) in [5.41, 5.74) is 8.22. The fourth-order valence-corrected chi connectivity index (χ4v) is 4.24. The number of likely N-dealkylation sites (N-methyl/N-ethyl adjacent to an activating group) is 1. The van der Waals surface area contributed by atoms with Crippen LogP contribution in [0.5, 0.6) is 0 Å². The Morgan fingerprint density at radius 2 is 1.74 bits per heavy atom. The number of primary amides is 1. The van der Waals surface area contributed by atoms with Crippen molar-refractivity contribution in [2.24, 2.45) is 11.7 Å². The predicted molar refractivity (Wildman–Crippen MR) is 125 cm³/mol. The highest BCUT2D eigenvalue weighted by Gasteiger charge is 2.25. The lowest BCUT2D eigenvalue weighted by Crippen LogP contribution is -2.42. The second-order valence-corrected chi connectivity index (χ2v) is 9.03. The molecule has 0 aliphatic heterocycles. The molecular formula is C26H35N3O2. The van der Waals surface area contributed by atoms with Gasteiger partial charge in [0.2, 0.25) is 11.8 Å². The first kappa shape index (κ1) is 23.0. The first-order valence-corrected chi connectivity index (χ1v) is 11.3. The van der Waals surface area contributed by atoms with E-state index in [2.05, 4.69) is 34.5 Å². The van der Waals surface area contributed by atoms with Crippen LogP contribution in [0.4, 0.5) is 0 Å². The Morgan fingerprint density at radius 3 is 2.29 bits per heavy atom. The third kappa shape index (κ3) is 6.93. The van der Waals surface area contributed by atoms with Crippen molar-refractivity contribution in [1.29, 1.82) is 0 Å². The van der Waals surface area contributed by atoms with Gasteiger partial charge in [-0.15, -0.1) is 0 Å². The summed E-state index contributed by atoms with van der Waals surface area (Å²) >= 11 is 0. The summed E-state index contributed by atoms with van der Waals surface area (Å²) in [5.74, 6) is 0.739. The van der Waals surface area contributed by atoms with E-state index in [4.69, 9.17) is 5.73 Å². The standard InChI is InChI=1S/C26H35N3O2/c1-29(2)24(16-20-11-13-22(14-12-20)26(27)31)18-28-25(30)17-23(15-19-7-6-8-19)21-9-4-3-5-10-21/h3-5,9-14,19,23-24H,6-8,15-18H2,1-2H3,(H2,27,31)(H,28,30)/t23-,24+/m1/s1. The molecule has 1 aliphatic carbocycles. The summed E-state index contributed by atoms with van der Waals surface area (Å²) in [6.07, 6.45) is 6.33. The van der Waals surface area contributed by atoms with Gasteiger partial charge in [0.15, 0.2) is 0 Å². The van der Waals surface area contributed by atoms with Crippen molar-refractivity contribution < 1.29 is 9.59 Å².